The minimum atomic E-state index is -1.41. The molecule has 0 aliphatic carbocycles. The summed E-state index contributed by atoms with van der Waals surface area (Å²) in [5.41, 5.74) is 0. The number of aliphatic carboxylic acids is 1. The van der Waals surface area contributed by atoms with Crippen LogP contribution in [0.25, 0.3) is 0 Å². The molecular weight excluding hydrogens is 236 g/mol. The standard InChI is InChI=1S/C12H22N2O4/c1-8-4-6-14(7-9(8)2)12(18)13-5-3-10(15)11(16)17/h8-10,15H,3-7H2,1-2H3,(H,13,18)(H,16,17). The molecule has 6 nitrogen and oxygen atoms in total. The molecule has 18 heavy (non-hydrogen) atoms. The summed E-state index contributed by atoms with van der Waals surface area (Å²) >= 11 is 0. The van der Waals surface area contributed by atoms with E-state index in [1.807, 2.05) is 0 Å². The predicted octanol–water partition coefficient (Wildman–Crippen LogP) is 0.509. The minimum Gasteiger partial charge on any atom is -0.479 e. The van der Waals surface area contributed by atoms with Gasteiger partial charge in [0.15, 0.2) is 6.10 Å². The first-order chi connectivity index (χ1) is 8.41. The Morgan fingerprint density at radius 1 is 1.39 bits per heavy atom. The van der Waals surface area contributed by atoms with E-state index in [9.17, 15) is 9.59 Å². The summed E-state index contributed by atoms with van der Waals surface area (Å²) in [6.07, 6.45) is -0.390. The van der Waals surface area contributed by atoms with Crippen LogP contribution in [0.4, 0.5) is 4.79 Å². The number of carboxylic acids is 1. The Labute approximate surface area is 107 Å². The number of hydrogen-bond acceptors (Lipinski definition) is 3. The number of piperidine rings is 1. The zero-order valence-corrected chi connectivity index (χ0v) is 10.9. The Hall–Kier alpha value is -1.30. The van der Waals surface area contributed by atoms with Crippen molar-refractivity contribution >= 4 is 12.0 Å². The number of carbonyl (C=O) groups excluding carboxylic acids is 1. The van der Waals surface area contributed by atoms with E-state index in [4.69, 9.17) is 10.2 Å². The lowest BCUT2D eigenvalue weighted by atomic mass is 9.89. The van der Waals surface area contributed by atoms with Crippen LogP contribution in [0.5, 0.6) is 0 Å². The molecule has 0 saturated carbocycles. The summed E-state index contributed by atoms with van der Waals surface area (Å²) in [6, 6.07) is -0.175. The molecule has 0 aromatic carbocycles. The highest BCUT2D eigenvalue weighted by atomic mass is 16.4. The van der Waals surface area contributed by atoms with E-state index >= 15 is 0 Å². The van der Waals surface area contributed by atoms with Crippen LogP contribution < -0.4 is 5.32 Å². The molecule has 0 aromatic rings. The van der Waals surface area contributed by atoms with Crippen LogP contribution in [0, 0.1) is 11.8 Å². The van der Waals surface area contributed by atoms with E-state index < -0.39 is 12.1 Å². The zero-order valence-electron chi connectivity index (χ0n) is 10.9. The van der Waals surface area contributed by atoms with E-state index in [-0.39, 0.29) is 19.0 Å². The number of urea groups is 1. The van der Waals surface area contributed by atoms with Crippen LogP contribution >= 0.6 is 0 Å². The molecule has 104 valence electrons. The summed E-state index contributed by atoms with van der Waals surface area (Å²) in [5, 5.41) is 20.2. The van der Waals surface area contributed by atoms with Crippen LogP contribution in [-0.2, 0) is 4.79 Å². The second-order valence-electron chi connectivity index (χ2n) is 5.06. The van der Waals surface area contributed by atoms with Gasteiger partial charge in [0.25, 0.3) is 0 Å². The van der Waals surface area contributed by atoms with Crippen LogP contribution in [-0.4, -0.2) is 52.9 Å². The van der Waals surface area contributed by atoms with Crippen LogP contribution in [0.3, 0.4) is 0 Å². The molecule has 0 bridgehead atoms. The Morgan fingerprint density at radius 2 is 2.06 bits per heavy atom. The van der Waals surface area contributed by atoms with Gasteiger partial charge in [-0.25, -0.2) is 9.59 Å². The van der Waals surface area contributed by atoms with Gasteiger partial charge in [0.05, 0.1) is 0 Å². The highest BCUT2D eigenvalue weighted by Crippen LogP contribution is 2.22. The Bertz CT molecular complexity index is 308. The van der Waals surface area contributed by atoms with Crippen molar-refractivity contribution in [1.82, 2.24) is 10.2 Å². The van der Waals surface area contributed by atoms with Gasteiger partial charge in [-0.2, -0.15) is 0 Å². The first kappa shape index (κ1) is 14.8. The van der Waals surface area contributed by atoms with Crippen molar-refractivity contribution in [3.05, 3.63) is 0 Å². The number of hydrogen-bond donors (Lipinski definition) is 3. The lowest BCUT2D eigenvalue weighted by Gasteiger charge is -2.35. The molecule has 1 aliphatic heterocycles. The van der Waals surface area contributed by atoms with E-state index in [2.05, 4.69) is 19.2 Å². The smallest absolute Gasteiger partial charge is 0.332 e. The van der Waals surface area contributed by atoms with Crippen LogP contribution in [0.1, 0.15) is 26.7 Å². The fraction of sp³-hybridized carbons (Fsp3) is 0.833. The third-order valence-corrected chi connectivity index (χ3v) is 3.60. The maximum Gasteiger partial charge on any atom is 0.332 e. The topological polar surface area (TPSA) is 89.9 Å². The normalized spacial score (nSPS) is 25.6. The van der Waals surface area contributed by atoms with Crippen molar-refractivity contribution < 1.29 is 19.8 Å². The largest absolute Gasteiger partial charge is 0.479 e. The summed E-state index contributed by atoms with van der Waals surface area (Å²) in [7, 11) is 0. The number of aliphatic hydroxyl groups is 1. The predicted molar refractivity (Wildman–Crippen MR) is 66.2 cm³/mol. The minimum absolute atomic E-state index is 0.0286. The van der Waals surface area contributed by atoms with Gasteiger partial charge in [0.2, 0.25) is 0 Å². The van der Waals surface area contributed by atoms with Gasteiger partial charge in [0.1, 0.15) is 0 Å². The Balaban J connectivity index is 2.27. The number of rotatable bonds is 4. The van der Waals surface area contributed by atoms with Crippen molar-refractivity contribution in [2.24, 2.45) is 11.8 Å². The molecule has 2 amide bonds. The Kier molecular flexibility index (Phi) is 5.40. The molecule has 3 atom stereocenters. The van der Waals surface area contributed by atoms with Gasteiger partial charge in [-0.05, 0) is 18.3 Å². The highest BCUT2D eigenvalue weighted by Gasteiger charge is 2.25. The zero-order chi connectivity index (χ0) is 13.7. The van der Waals surface area contributed by atoms with Crippen molar-refractivity contribution in [1.29, 1.82) is 0 Å². The molecule has 3 N–H and O–H groups in total. The van der Waals surface area contributed by atoms with E-state index in [0.717, 1.165) is 19.5 Å². The maximum absolute atomic E-state index is 11.8. The molecule has 1 rings (SSSR count). The first-order valence-corrected chi connectivity index (χ1v) is 6.35. The lowest BCUT2D eigenvalue weighted by Crippen LogP contribution is -2.47. The number of nitrogens with one attached hydrogen (secondary N) is 1. The quantitative estimate of drug-likeness (QED) is 0.685. The van der Waals surface area contributed by atoms with Gasteiger partial charge in [-0.15, -0.1) is 0 Å². The molecule has 1 aliphatic rings. The number of amides is 2. The number of likely N-dealkylation sites (tertiary alicyclic amines) is 1. The van der Waals surface area contributed by atoms with Crippen molar-refractivity contribution in [2.75, 3.05) is 19.6 Å². The van der Waals surface area contributed by atoms with Crippen LogP contribution in [0.2, 0.25) is 0 Å². The first-order valence-electron chi connectivity index (χ1n) is 6.35. The summed E-state index contributed by atoms with van der Waals surface area (Å²) in [6.45, 7) is 5.95. The second-order valence-corrected chi connectivity index (χ2v) is 5.06. The average Bonchev–Trinajstić information content (AvgIpc) is 2.32. The molecule has 1 heterocycles. The lowest BCUT2D eigenvalue weighted by molar-refractivity contribution is -0.146. The number of nitrogens with zero attached hydrogens (tertiary/aromatic N) is 1. The average molecular weight is 258 g/mol. The third kappa shape index (κ3) is 4.18. The summed E-state index contributed by atoms with van der Waals surface area (Å²) < 4.78 is 0. The molecule has 0 radical (unpaired) electrons. The maximum atomic E-state index is 11.8. The molecule has 0 aromatic heterocycles. The fourth-order valence-electron chi connectivity index (χ4n) is 2.00. The van der Waals surface area contributed by atoms with E-state index in [0.29, 0.717) is 11.8 Å². The van der Waals surface area contributed by atoms with Gasteiger partial charge < -0.3 is 20.4 Å². The van der Waals surface area contributed by atoms with Gasteiger partial charge in [-0.1, -0.05) is 13.8 Å². The van der Waals surface area contributed by atoms with Gasteiger partial charge in [-0.3, -0.25) is 0 Å². The van der Waals surface area contributed by atoms with E-state index in [1.165, 1.54) is 0 Å². The van der Waals surface area contributed by atoms with Crippen LogP contribution in [0.15, 0.2) is 0 Å². The molecule has 6 heteroatoms. The monoisotopic (exact) mass is 258 g/mol. The second kappa shape index (κ2) is 6.58. The molecular formula is C12H22N2O4. The van der Waals surface area contributed by atoms with Gasteiger partial charge >= 0.3 is 12.0 Å². The van der Waals surface area contributed by atoms with Gasteiger partial charge in [0, 0.05) is 26.1 Å². The fourth-order valence-corrected chi connectivity index (χ4v) is 2.00. The Morgan fingerprint density at radius 3 is 2.61 bits per heavy atom. The molecule has 0 spiro atoms. The third-order valence-electron chi connectivity index (χ3n) is 3.60. The number of carboxylic acid groups (broad SMARTS) is 1. The summed E-state index contributed by atoms with van der Waals surface area (Å²) in [4.78, 5) is 23.9. The SMILES string of the molecule is CC1CCN(C(=O)NCCC(O)C(=O)O)CC1C. The number of carbonyl (C=O) groups is 2. The van der Waals surface area contributed by atoms with Crippen molar-refractivity contribution in [3.8, 4) is 0 Å². The number of aliphatic hydroxyl groups excluding tert-OH is 1. The molecule has 1 saturated heterocycles. The highest BCUT2D eigenvalue weighted by molar-refractivity contribution is 5.74. The molecule has 1 fully saturated rings. The van der Waals surface area contributed by atoms with Crippen molar-refractivity contribution in [2.45, 2.75) is 32.8 Å². The molecule has 3 unspecified atom stereocenters. The van der Waals surface area contributed by atoms with E-state index in [1.54, 1.807) is 4.90 Å². The summed E-state index contributed by atoms with van der Waals surface area (Å²) in [5.74, 6) is -0.151. The van der Waals surface area contributed by atoms with Crippen molar-refractivity contribution in [3.63, 3.8) is 0 Å².